The Bertz CT molecular complexity index is 3590. The highest BCUT2D eigenvalue weighted by Gasteiger charge is 2.28. The van der Waals surface area contributed by atoms with Gasteiger partial charge >= 0.3 is 0 Å². The van der Waals surface area contributed by atoms with Crippen LogP contribution in [0.15, 0.2) is 81.6 Å². The first kappa shape index (κ1) is 39.4. The van der Waals surface area contributed by atoms with Gasteiger partial charge in [0, 0.05) is 38.2 Å². The number of para-hydroxylation sites is 1. The molecule has 0 aliphatic rings. The Morgan fingerprint density at radius 2 is 0.770 bits per heavy atom. The predicted molar refractivity (Wildman–Crippen MR) is 300 cm³/mol. The lowest BCUT2D eigenvalue weighted by atomic mass is 9.60. The van der Waals surface area contributed by atoms with E-state index in [0.717, 1.165) is 71.5 Å². The van der Waals surface area contributed by atoms with Crippen molar-refractivity contribution in [2.75, 3.05) is 0 Å². The van der Waals surface area contributed by atoms with Gasteiger partial charge in [-0.05, 0) is 34.0 Å². The van der Waals surface area contributed by atoms with Crippen molar-refractivity contribution in [1.82, 2.24) is 15.0 Å². The molecule has 0 atom stereocenters. The van der Waals surface area contributed by atoms with Crippen LogP contribution in [0.5, 0.6) is 0 Å². The predicted octanol–water partition coefficient (Wildman–Crippen LogP) is -11.1. The lowest BCUT2D eigenvalue weighted by molar-refractivity contribution is 0.669. The summed E-state index contributed by atoms with van der Waals surface area (Å²) in [5.74, 6) is 1.95. The van der Waals surface area contributed by atoms with E-state index in [1.165, 1.54) is 82.0 Å². The fourth-order valence-corrected chi connectivity index (χ4v) is 10.2. The number of hydrogen-bond donors (Lipinski definition) is 0. The van der Waals surface area contributed by atoms with Crippen LogP contribution in [0.4, 0.5) is 0 Å². The average Bonchev–Trinajstić information content (AvgIpc) is 3.86. The van der Waals surface area contributed by atoms with Crippen LogP contribution in [-0.4, -0.2) is 117 Å². The lowest BCUT2D eigenvalue weighted by Gasteiger charge is -2.26. The summed E-state index contributed by atoms with van der Waals surface area (Å²) in [6.45, 7) is 0. The van der Waals surface area contributed by atoms with E-state index in [0.29, 0.717) is 17.5 Å². The number of aromatic nitrogens is 3. The van der Waals surface area contributed by atoms with Gasteiger partial charge in [0.05, 0.1) is 0 Å². The van der Waals surface area contributed by atoms with Crippen LogP contribution in [0.25, 0.3) is 99.9 Å². The highest BCUT2D eigenvalue weighted by atomic mass is 16.3. The summed E-state index contributed by atoms with van der Waals surface area (Å²) < 4.78 is 13.4. The first-order valence-corrected chi connectivity index (χ1v) is 21.4. The van der Waals surface area contributed by atoms with Crippen LogP contribution in [0.2, 0.25) is 0 Å². The minimum Gasteiger partial charge on any atom is -0.457 e. The topological polar surface area (TPSA) is 65.0 Å². The maximum atomic E-state index is 6.93. The van der Waals surface area contributed by atoms with Crippen molar-refractivity contribution in [1.29, 1.82) is 0 Å². The van der Waals surface area contributed by atoms with Crippen molar-refractivity contribution in [2.45, 2.75) is 0 Å². The van der Waals surface area contributed by atoms with E-state index < -0.39 is 0 Å². The van der Waals surface area contributed by atoms with Crippen LogP contribution in [0.1, 0.15) is 0 Å². The molecule has 10 aromatic rings. The van der Waals surface area contributed by atoms with Gasteiger partial charge in [-0.25, -0.2) is 15.0 Å². The molecule has 10 rings (SSSR count). The smallest absolute Gasteiger partial charge is 0.164 e. The van der Waals surface area contributed by atoms with Crippen molar-refractivity contribution in [3.05, 3.63) is 72.8 Å². The highest BCUT2D eigenvalue weighted by molar-refractivity contribution is 6.70. The Morgan fingerprint density at radius 1 is 0.311 bits per heavy atom. The zero-order valence-electron chi connectivity index (χ0n) is 37.6. The molecule has 5 nitrogen and oxygen atoms in total. The Balaban J connectivity index is 1.38. The Kier molecular flexibility index (Phi) is 9.14. The maximum absolute atomic E-state index is 6.93. The first-order chi connectivity index (χ1) is 29.2. The minimum atomic E-state index is 0.640. The van der Waals surface area contributed by atoms with E-state index in [1.54, 1.807) is 0 Å². The molecule has 0 fully saturated rings. The molecule has 18 heteroatoms. The zero-order valence-corrected chi connectivity index (χ0v) is 37.6. The number of nitrogens with zero attached hydrogens (tertiary/aromatic N) is 3. The highest BCUT2D eigenvalue weighted by Crippen LogP contribution is 2.39. The molecule has 0 radical (unpaired) electrons. The van der Waals surface area contributed by atoms with E-state index in [9.17, 15) is 0 Å². The summed E-state index contributed by atoms with van der Waals surface area (Å²) in [4.78, 5) is 16.5. The molecule has 3 aromatic heterocycles. The molecular weight excluding hydrogens is 731 g/mol. The van der Waals surface area contributed by atoms with Gasteiger partial charge in [0.2, 0.25) is 0 Å². The Morgan fingerprint density at radius 3 is 1.43 bits per heavy atom. The van der Waals surface area contributed by atoms with Gasteiger partial charge < -0.3 is 8.83 Å². The van der Waals surface area contributed by atoms with E-state index in [4.69, 9.17) is 23.8 Å². The van der Waals surface area contributed by atoms with Crippen molar-refractivity contribution in [3.63, 3.8) is 0 Å². The molecule has 0 unspecified atom stereocenters. The van der Waals surface area contributed by atoms with Crippen LogP contribution in [-0.2, 0) is 0 Å². The number of rotatable bonds is 4. The van der Waals surface area contributed by atoms with Gasteiger partial charge in [0.25, 0.3) is 0 Å². The number of fused-ring (bicyclic) bond motifs is 7. The van der Waals surface area contributed by atoms with E-state index in [-0.39, 0.29) is 0 Å². The lowest BCUT2D eigenvalue weighted by Crippen LogP contribution is -2.47. The molecule has 3 heterocycles. The molecule has 0 saturated heterocycles. The summed E-state index contributed by atoms with van der Waals surface area (Å²) in [6.07, 6.45) is 0. The largest absolute Gasteiger partial charge is 0.457 e. The Hall–Kier alpha value is -5.75. The molecule has 276 valence electrons. The number of hydrogen-bond acceptors (Lipinski definition) is 5. The van der Waals surface area contributed by atoms with E-state index in [2.05, 4.69) is 163 Å². The molecule has 0 bridgehead atoms. The number of benzene rings is 7. The zero-order chi connectivity index (χ0) is 42.9. The summed E-state index contributed by atoms with van der Waals surface area (Å²) >= 11 is 0. The third-order valence-corrected chi connectivity index (χ3v) is 14.7. The van der Waals surface area contributed by atoms with Crippen LogP contribution in [0, 0.1) is 0 Å². The summed E-state index contributed by atoms with van der Waals surface area (Å²) in [5, 5.41) is 6.86. The van der Waals surface area contributed by atoms with Crippen molar-refractivity contribution in [2.24, 2.45) is 0 Å². The normalized spacial score (nSPS) is 11.8. The molecule has 0 saturated carbocycles. The molecule has 7 aromatic carbocycles. The molecule has 0 aliphatic carbocycles. The molecule has 0 aliphatic heterocycles. The molecule has 61 heavy (non-hydrogen) atoms. The first-order valence-electron chi connectivity index (χ1n) is 21.4. The monoisotopic (exact) mass is 771 g/mol. The van der Waals surface area contributed by atoms with Crippen molar-refractivity contribution >= 4 is 228 Å². The SMILES string of the molecule is Bc1c(B)c(B)c2c(oc3c(B)c(B)c(B)c(-c4nc(-c5ccccc5)nc(-c5c(B)c(B)c(B)c6c(-c7cccc8oc9ccccc9c78)c(B)c(B)c(B)c56)n4)c32)c1B. The van der Waals surface area contributed by atoms with E-state index in [1.807, 2.05) is 12.1 Å². The minimum absolute atomic E-state index is 0.640. The van der Waals surface area contributed by atoms with Gasteiger partial charge in [0.1, 0.15) is 124 Å². The molecular formula is C43H38B13N3O2. The van der Waals surface area contributed by atoms with Crippen LogP contribution < -0.4 is 71.0 Å². The van der Waals surface area contributed by atoms with Crippen LogP contribution in [0.3, 0.4) is 0 Å². The Labute approximate surface area is 367 Å². The second-order valence-corrected chi connectivity index (χ2v) is 17.5. The fourth-order valence-electron chi connectivity index (χ4n) is 10.2. The summed E-state index contributed by atoms with van der Waals surface area (Å²) in [6, 6.07) is 25.2. The van der Waals surface area contributed by atoms with Gasteiger partial charge in [0.15, 0.2) is 17.5 Å². The van der Waals surface area contributed by atoms with Gasteiger partial charge in [-0.3, -0.25) is 0 Å². The second kappa shape index (κ2) is 14.2. The standard InChI is InChI=1S/C43H38B13N3O2/c44-26-19(15-10-6-12-17-18(15)14-9-4-5-11-16(14)60-17)20-21(28(46)32(26)50)24(30(48)33(51)27(20)45)42-57-41(13-7-2-1-3-8-13)58-43(59-42)25-22-23-29(47)34(52)36(54)38(56)40(23)61-39(22)37(55)35(53)31(25)49/h1-12H,44-56H2. The quantitative estimate of drug-likeness (QED) is 0.167. The third kappa shape index (κ3) is 5.56. The molecule has 0 N–H and O–H groups in total. The summed E-state index contributed by atoms with van der Waals surface area (Å²) in [7, 11) is 29.0. The van der Waals surface area contributed by atoms with E-state index >= 15 is 0 Å². The van der Waals surface area contributed by atoms with Crippen molar-refractivity contribution < 1.29 is 8.83 Å². The third-order valence-electron chi connectivity index (χ3n) is 14.7. The van der Waals surface area contributed by atoms with Gasteiger partial charge in [-0.2, -0.15) is 0 Å². The van der Waals surface area contributed by atoms with Crippen molar-refractivity contribution in [3.8, 4) is 45.3 Å². The van der Waals surface area contributed by atoms with Crippen LogP contribution >= 0.6 is 0 Å². The average molecular weight is 769 g/mol. The second-order valence-electron chi connectivity index (χ2n) is 17.5. The van der Waals surface area contributed by atoms with Gasteiger partial charge in [-0.1, -0.05) is 121 Å². The summed E-state index contributed by atoms with van der Waals surface area (Å²) in [5.41, 5.74) is 24.8. The maximum Gasteiger partial charge on any atom is 0.164 e. The fraction of sp³-hybridized carbons (Fsp3) is 0. The van der Waals surface area contributed by atoms with Gasteiger partial charge in [-0.15, -0.1) is 10.9 Å². The number of furan rings is 2. The molecule has 0 spiro atoms. The molecule has 0 amide bonds.